The number of likely N-dealkylation sites (tertiary alicyclic amines) is 1. The van der Waals surface area contributed by atoms with Gasteiger partial charge in [-0.1, -0.05) is 36.4 Å². The Morgan fingerprint density at radius 3 is 2.52 bits per heavy atom. The molecule has 1 aliphatic heterocycles. The van der Waals surface area contributed by atoms with Gasteiger partial charge < -0.3 is 9.47 Å². The Labute approximate surface area is 123 Å². The van der Waals surface area contributed by atoms with Gasteiger partial charge in [0.2, 0.25) is 5.91 Å². The average Bonchev–Trinajstić information content (AvgIpc) is 2.82. The SMILES string of the molecule is O=C1C[C@H](Cn2ccccc2=O)CN1Cc1ccccc1. The molecule has 1 fully saturated rings. The zero-order valence-corrected chi connectivity index (χ0v) is 11.8. The highest BCUT2D eigenvalue weighted by atomic mass is 16.2. The molecular formula is C17H18N2O2. The van der Waals surface area contributed by atoms with Crippen LogP contribution in [0.1, 0.15) is 12.0 Å². The van der Waals surface area contributed by atoms with E-state index in [2.05, 4.69) is 0 Å². The fourth-order valence-corrected chi connectivity index (χ4v) is 2.82. The highest BCUT2D eigenvalue weighted by Gasteiger charge is 2.29. The summed E-state index contributed by atoms with van der Waals surface area (Å²) in [5, 5.41) is 0. The van der Waals surface area contributed by atoms with Crippen LogP contribution in [-0.4, -0.2) is 21.9 Å². The van der Waals surface area contributed by atoms with Crippen molar-refractivity contribution in [2.24, 2.45) is 5.92 Å². The predicted octanol–water partition coefficient (Wildman–Crippen LogP) is 1.90. The van der Waals surface area contributed by atoms with Gasteiger partial charge in [-0.05, 0) is 11.6 Å². The van der Waals surface area contributed by atoms with Gasteiger partial charge in [0, 0.05) is 44.2 Å². The number of rotatable bonds is 4. The normalized spacial score (nSPS) is 18.2. The summed E-state index contributed by atoms with van der Waals surface area (Å²) in [6.07, 6.45) is 2.31. The van der Waals surface area contributed by atoms with Crippen LogP contribution in [0.4, 0.5) is 0 Å². The molecule has 2 heterocycles. The Balaban J connectivity index is 1.65. The van der Waals surface area contributed by atoms with Crippen molar-refractivity contribution in [2.75, 3.05) is 6.54 Å². The Morgan fingerprint density at radius 1 is 1.00 bits per heavy atom. The molecule has 0 saturated carbocycles. The molecule has 4 nitrogen and oxygen atoms in total. The van der Waals surface area contributed by atoms with Gasteiger partial charge in [-0.25, -0.2) is 0 Å². The van der Waals surface area contributed by atoms with E-state index in [1.807, 2.05) is 41.3 Å². The number of pyridine rings is 1. The molecule has 108 valence electrons. The first kappa shape index (κ1) is 13.6. The molecule has 2 aromatic rings. The average molecular weight is 282 g/mol. The van der Waals surface area contributed by atoms with Crippen molar-refractivity contribution >= 4 is 5.91 Å². The van der Waals surface area contributed by atoms with Gasteiger partial charge in [0.15, 0.2) is 0 Å². The van der Waals surface area contributed by atoms with Crippen LogP contribution in [0.2, 0.25) is 0 Å². The number of nitrogens with zero attached hydrogens (tertiary/aromatic N) is 2. The van der Waals surface area contributed by atoms with E-state index in [1.54, 1.807) is 22.9 Å². The van der Waals surface area contributed by atoms with Crippen LogP contribution in [0.25, 0.3) is 0 Å². The van der Waals surface area contributed by atoms with Crippen LogP contribution in [0.5, 0.6) is 0 Å². The summed E-state index contributed by atoms with van der Waals surface area (Å²) >= 11 is 0. The molecule has 1 saturated heterocycles. The minimum atomic E-state index is -0.00791. The van der Waals surface area contributed by atoms with E-state index in [1.165, 1.54) is 0 Å². The summed E-state index contributed by atoms with van der Waals surface area (Å²) in [6, 6.07) is 15.1. The molecule has 0 unspecified atom stereocenters. The fourth-order valence-electron chi connectivity index (χ4n) is 2.82. The number of hydrogen-bond donors (Lipinski definition) is 0. The lowest BCUT2D eigenvalue weighted by molar-refractivity contribution is -0.128. The third kappa shape index (κ3) is 3.21. The van der Waals surface area contributed by atoms with Gasteiger partial charge in [-0.3, -0.25) is 9.59 Å². The van der Waals surface area contributed by atoms with Gasteiger partial charge >= 0.3 is 0 Å². The van der Waals surface area contributed by atoms with Crippen LogP contribution in [0.15, 0.2) is 59.5 Å². The van der Waals surface area contributed by atoms with E-state index in [4.69, 9.17) is 0 Å². The van der Waals surface area contributed by atoms with Gasteiger partial charge in [0.25, 0.3) is 5.56 Å². The maximum atomic E-state index is 12.1. The van der Waals surface area contributed by atoms with Crippen LogP contribution in [0.3, 0.4) is 0 Å². The van der Waals surface area contributed by atoms with Gasteiger partial charge in [0.1, 0.15) is 0 Å². The van der Waals surface area contributed by atoms with Gasteiger partial charge in [-0.2, -0.15) is 0 Å². The maximum Gasteiger partial charge on any atom is 0.250 e. The molecule has 1 aromatic carbocycles. The Bertz CT molecular complexity index is 678. The standard InChI is InChI=1S/C17H18N2O2/c20-16-8-4-5-9-18(16)12-15-10-17(21)19(13-15)11-14-6-2-1-3-7-14/h1-9,15H,10-13H2/t15-/m1/s1. The van der Waals surface area contributed by atoms with Crippen molar-refractivity contribution < 1.29 is 4.79 Å². The third-order valence-electron chi connectivity index (χ3n) is 3.86. The maximum absolute atomic E-state index is 12.1. The number of benzene rings is 1. The number of amides is 1. The summed E-state index contributed by atoms with van der Waals surface area (Å²) in [4.78, 5) is 25.7. The number of aromatic nitrogens is 1. The minimum absolute atomic E-state index is 0.00791. The third-order valence-corrected chi connectivity index (χ3v) is 3.86. The second-order valence-electron chi connectivity index (χ2n) is 5.52. The lowest BCUT2D eigenvalue weighted by Crippen LogP contribution is -2.26. The number of carbonyl (C=O) groups is 1. The first-order chi connectivity index (χ1) is 10.2. The van der Waals surface area contributed by atoms with Crippen molar-refractivity contribution in [1.82, 2.24) is 9.47 Å². The monoisotopic (exact) mass is 282 g/mol. The molecule has 0 bridgehead atoms. The molecule has 1 aliphatic rings. The first-order valence-electron chi connectivity index (χ1n) is 7.19. The molecule has 0 spiro atoms. The highest BCUT2D eigenvalue weighted by Crippen LogP contribution is 2.21. The van der Waals surface area contributed by atoms with Crippen LogP contribution >= 0.6 is 0 Å². The van der Waals surface area contributed by atoms with Crippen LogP contribution in [-0.2, 0) is 17.9 Å². The zero-order valence-electron chi connectivity index (χ0n) is 11.8. The summed E-state index contributed by atoms with van der Waals surface area (Å²) in [5.41, 5.74) is 1.13. The quantitative estimate of drug-likeness (QED) is 0.859. The van der Waals surface area contributed by atoms with Gasteiger partial charge in [0.05, 0.1) is 0 Å². The molecule has 21 heavy (non-hydrogen) atoms. The summed E-state index contributed by atoms with van der Waals surface area (Å²) < 4.78 is 1.68. The van der Waals surface area contributed by atoms with E-state index in [-0.39, 0.29) is 17.4 Å². The molecule has 1 aromatic heterocycles. The topological polar surface area (TPSA) is 42.3 Å². The predicted molar refractivity (Wildman–Crippen MR) is 80.7 cm³/mol. The van der Waals surface area contributed by atoms with Crippen molar-refractivity contribution in [1.29, 1.82) is 0 Å². The van der Waals surface area contributed by atoms with Crippen molar-refractivity contribution in [3.05, 3.63) is 70.6 Å². The molecular weight excluding hydrogens is 264 g/mol. The molecule has 1 amide bonds. The minimum Gasteiger partial charge on any atom is -0.338 e. The summed E-state index contributed by atoms with van der Waals surface area (Å²) in [5.74, 6) is 0.383. The van der Waals surface area contributed by atoms with Crippen LogP contribution in [0, 0.1) is 5.92 Å². The molecule has 0 aliphatic carbocycles. The molecule has 0 N–H and O–H groups in total. The lowest BCUT2D eigenvalue weighted by atomic mass is 10.1. The second-order valence-corrected chi connectivity index (χ2v) is 5.52. The van der Waals surface area contributed by atoms with E-state index in [0.717, 1.165) is 12.1 Å². The molecule has 1 atom stereocenters. The van der Waals surface area contributed by atoms with Crippen molar-refractivity contribution in [2.45, 2.75) is 19.5 Å². The smallest absolute Gasteiger partial charge is 0.250 e. The Hall–Kier alpha value is -2.36. The number of hydrogen-bond acceptors (Lipinski definition) is 2. The molecule has 3 rings (SSSR count). The van der Waals surface area contributed by atoms with Gasteiger partial charge in [-0.15, -0.1) is 0 Å². The largest absolute Gasteiger partial charge is 0.338 e. The Morgan fingerprint density at radius 2 is 1.76 bits per heavy atom. The van der Waals surface area contributed by atoms with E-state index in [9.17, 15) is 9.59 Å². The second kappa shape index (κ2) is 5.95. The molecule has 4 heteroatoms. The zero-order chi connectivity index (χ0) is 14.7. The van der Waals surface area contributed by atoms with E-state index >= 15 is 0 Å². The molecule has 0 radical (unpaired) electrons. The highest BCUT2D eigenvalue weighted by molar-refractivity contribution is 5.78. The summed E-state index contributed by atoms with van der Waals surface area (Å²) in [7, 11) is 0. The summed E-state index contributed by atoms with van der Waals surface area (Å²) in [6.45, 7) is 1.98. The van der Waals surface area contributed by atoms with E-state index in [0.29, 0.717) is 19.5 Å². The van der Waals surface area contributed by atoms with Crippen LogP contribution < -0.4 is 5.56 Å². The van der Waals surface area contributed by atoms with Crippen molar-refractivity contribution in [3.8, 4) is 0 Å². The first-order valence-corrected chi connectivity index (χ1v) is 7.19. The number of carbonyl (C=O) groups excluding carboxylic acids is 1. The van der Waals surface area contributed by atoms with E-state index < -0.39 is 0 Å². The van der Waals surface area contributed by atoms with Crippen molar-refractivity contribution in [3.63, 3.8) is 0 Å². The fraction of sp³-hybridized carbons (Fsp3) is 0.294. The lowest BCUT2D eigenvalue weighted by Gasteiger charge is -2.17. The Kier molecular flexibility index (Phi) is 3.86.